The van der Waals surface area contributed by atoms with Crippen LogP contribution in [0.2, 0.25) is 0 Å². The van der Waals surface area contributed by atoms with E-state index in [4.69, 9.17) is 0 Å². The summed E-state index contributed by atoms with van der Waals surface area (Å²) in [5.74, 6) is 0. The van der Waals surface area contributed by atoms with Crippen molar-refractivity contribution in [3.05, 3.63) is 0 Å². The zero-order valence-electron chi connectivity index (χ0n) is 15.5. The Kier molecular flexibility index (Phi) is 4.84. The maximum Gasteiger partial charge on any atom is 0.0442 e. The van der Waals surface area contributed by atoms with Crippen molar-refractivity contribution in [3.8, 4) is 0 Å². The van der Waals surface area contributed by atoms with E-state index in [1.807, 2.05) is 0 Å². The van der Waals surface area contributed by atoms with E-state index in [0.717, 1.165) is 32.1 Å². The van der Waals surface area contributed by atoms with Crippen molar-refractivity contribution in [2.24, 2.45) is 10.2 Å². The van der Waals surface area contributed by atoms with E-state index in [2.05, 4.69) is 69.3 Å². The van der Waals surface area contributed by atoms with E-state index in [1.54, 1.807) is 0 Å². The number of nitrogens with one attached hydrogen (secondary N) is 2. The molecule has 126 valence electrons. The van der Waals surface area contributed by atoms with Crippen molar-refractivity contribution in [2.75, 3.05) is 0 Å². The standard InChI is InChI=1S/C18H34N4/c1-8-13-9-14(10-16(2,3)19-13)20-21-15-11-17(4,5)22-18(6,7)12-15/h13,19,22H,8-12H2,1-7H3/b20-14+/t13-/m0/s1. The normalized spacial score (nSPS) is 32.0. The Morgan fingerprint density at radius 1 is 0.864 bits per heavy atom. The first-order valence-electron chi connectivity index (χ1n) is 8.68. The fraction of sp³-hybridized carbons (Fsp3) is 0.889. The highest BCUT2D eigenvalue weighted by atomic mass is 15.2. The summed E-state index contributed by atoms with van der Waals surface area (Å²) in [4.78, 5) is 0. The van der Waals surface area contributed by atoms with Gasteiger partial charge in [-0.1, -0.05) is 6.92 Å². The SMILES string of the molecule is CC[C@H]1C/C(=N\N=C2CC(C)(C)NC(C)(C)C2)CC(C)(C)N1. The summed E-state index contributed by atoms with van der Waals surface area (Å²) in [6.45, 7) is 15.7. The molecule has 2 fully saturated rings. The number of nitrogens with zero attached hydrogens (tertiary/aromatic N) is 2. The lowest BCUT2D eigenvalue weighted by Crippen LogP contribution is -2.58. The molecule has 0 spiro atoms. The van der Waals surface area contributed by atoms with Crippen molar-refractivity contribution < 1.29 is 0 Å². The number of hydrogen-bond acceptors (Lipinski definition) is 4. The molecule has 4 heteroatoms. The Morgan fingerprint density at radius 2 is 1.36 bits per heavy atom. The fourth-order valence-electron chi connectivity index (χ4n) is 4.14. The van der Waals surface area contributed by atoms with Crippen LogP contribution in [0.1, 0.15) is 80.6 Å². The van der Waals surface area contributed by atoms with Gasteiger partial charge in [-0.2, -0.15) is 10.2 Å². The van der Waals surface area contributed by atoms with Crippen LogP contribution in [0.15, 0.2) is 10.2 Å². The monoisotopic (exact) mass is 306 g/mol. The molecule has 0 unspecified atom stereocenters. The summed E-state index contributed by atoms with van der Waals surface area (Å²) in [6.07, 6.45) is 5.12. The second kappa shape index (κ2) is 6.04. The summed E-state index contributed by atoms with van der Waals surface area (Å²) < 4.78 is 0. The van der Waals surface area contributed by atoms with Crippen LogP contribution < -0.4 is 10.6 Å². The van der Waals surface area contributed by atoms with Crippen LogP contribution in [0.5, 0.6) is 0 Å². The quantitative estimate of drug-likeness (QED) is 0.765. The summed E-state index contributed by atoms with van der Waals surface area (Å²) in [6, 6.07) is 0.531. The van der Waals surface area contributed by atoms with Crippen LogP contribution in [0.25, 0.3) is 0 Å². The lowest BCUT2D eigenvalue weighted by atomic mass is 9.81. The lowest BCUT2D eigenvalue weighted by molar-refractivity contribution is 0.252. The van der Waals surface area contributed by atoms with E-state index in [-0.39, 0.29) is 16.6 Å². The maximum absolute atomic E-state index is 4.67. The smallest absolute Gasteiger partial charge is 0.0442 e. The largest absolute Gasteiger partial charge is 0.308 e. The molecule has 0 aromatic heterocycles. The number of piperidine rings is 2. The van der Waals surface area contributed by atoms with Gasteiger partial charge in [0.15, 0.2) is 0 Å². The van der Waals surface area contributed by atoms with Gasteiger partial charge in [-0.15, -0.1) is 0 Å². The Labute approximate surface area is 136 Å². The van der Waals surface area contributed by atoms with Crippen LogP contribution in [0.4, 0.5) is 0 Å². The van der Waals surface area contributed by atoms with E-state index in [1.165, 1.54) is 11.4 Å². The first kappa shape index (κ1) is 17.6. The predicted octanol–water partition coefficient (Wildman–Crippen LogP) is 3.66. The van der Waals surface area contributed by atoms with Crippen LogP contribution >= 0.6 is 0 Å². The minimum atomic E-state index is 0.0973. The van der Waals surface area contributed by atoms with Crippen molar-refractivity contribution >= 4 is 11.4 Å². The molecule has 0 aromatic rings. The van der Waals surface area contributed by atoms with Crippen molar-refractivity contribution in [2.45, 2.75) is 103 Å². The molecule has 0 aromatic carbocycles. The third kappa shape index (κ3) is 4.88. The van der Waals surface area contributed by atoms with E-state index in [9.17, 15) is 0 Å². The molecule has 22 heavy (non-hydrogen) atoms. The molecule has 0 aliphatic carbocycles. The summed E-state index contributed by atoms with van der Waals surface area (Å²) in [5, 5.41) is 16.7. The van der Waals surface area contributed by atoms with Crippen LogP contribution in [0.3, 0.4) is 0 Å². The Hall–Kier alpha value is -0.740. The minimum Gasteiger partial charge on any atom is -0.308 e. The zero-order chi connectivity index (χ0) is 16.6. The van der Waals surface area contributed by atoms with Crippen molar-refractivity contribution in [3.63, 3.8) is 0 Å². The average Bonchev–Trinajstić information content (AvgIpc) is 2.30. The molecule has 0 radical (unpaired) electrons. The van der Waals surface area contributed by atoms with E-state index < -0.39 is 0 Å². The molecular weight excluding hydrogens is 272 g/mol. The molecule has 0 amide bonds. The predicted molar refractivity (Wildman–Crippen MR) is 95.9 cm³/mol. The third-order valence-electron chi connectivity index (χ3n) is 4.52. The first-order chi connectivity index (χ1) is 10.0. The molecule has 2 aliphatic rings. The summed E-state index contributed by atoms with van der Waals surface area (Å²) in [5.41, 5.74) is 2.80. The van der Waals surface area contributed by atoms with Gasteiger partial charge in [0, 0.05) is 59.8 Å². The highest BCUT2D eigenvalue weighted by Gasteiger charge is 2.36. The molecule has 1 atom stereocenters. The number of hydrogen-bond donors (Lipinski definition) is 2. The minimum absolute atomic E-state index is 0.0973. The van der Waals surface area contributed by atoms with Crippen LogP contribution in [-0.2, 0) is 0 Å². The third-order valence-corrected chi connectivity index (χ3v) is 4.52. The van der Waals surface area contributed by atoms with Crippen molar-refractivity contribution in [1.82, 2.24) is 10.6 Å². The molecule has 0 bridgehead atoms. The molecular formula is C18H34N4. The molecule has 0 saturated carbocycles. The zero-order valence-corrected chi connectivity index (χ0v) is 15.5. The summed E-state index contributed by atoms with van der Waals surface area (Å²) >= 11 is 0. The fourth-order valence-corrected chi connectivity index (χ4v) is 4.14. The van der Waals surface area contributed by atoms with Gasteiger partial charge in [0.25, 0.3) is 0 Å². The highest BCUT2D eigenvalue weighted by Crippen LogP contribution is 2.27. The van der Waals surface area contributed by atoms with Crippen molar-refractivity contribution in [1.29, 1.82) is 0 Å². The molecule has 2 heterocycles. The second-order valence-electron chi connectivity index (χ2n) is 9.09. The van der Waals surface area contributed by atoms with Gasteiger partial charge in [0.1, 0.15) is 0 Å². The van der Waals surface area contributed by atoms with Gasteiger partial charge in [-0.05, 0) is 48.0 Å². The average molecular weight is 306 g/mol. The first-order valence-corrected chi connectivity index (χ1v) is 8.68. The summed E-state index contributed by atoms with van der Waals surface area (Å²) in [7, 11) is 0. The topological polar surface area (TPSA) is 48.8 Å². The Bertz CT molecular complexity index is 453. The maximum atomic E-state index is 4.67. The molecule has 2 rings (SSSR count). The number of rotatable bonds is 2. The Morgan fingerprint density at radius 3 is 1.91 bits per heavy atom. The van der Waals surface area contributed by atoms with E-state index in [0.29, 0.717) is 6.04 Å². The van der Waals surface area contributed by atoms with Gasteiger partial charge < -0.3 is 10.6 Å². The van der Waals surface area contributed by atoms with E-state index >= 15 is 0 Å². The van der Waals surface area contributed by atoms with Crippen LogP contribution in [-0.4, -0.2) is 34.1 Å². The van der Waals surface area contributed by atoms with Gasteiger partial charge in [-0.3, -0.25) is 0 Å². The highest BCUT2D eigenvalue weighted by molar-refractivity contribution is 5.90. The van der Waals surface area contributed by atoms with Crippen LogP contribution in [0, 0.1) is 0 Å². The van der Waals surface area contributed by atoms with Gasteiger partial charge >= 0.3 is 0 Å². The van der Waals surface area contributed by atoms with Gasteiger partial charge in [0.2, 0.25) is 0 Å². The molecule has 2 aliphatic heterocycles. The Balaban J connectivity index is 2.14. The van der Waals surface area contributed by atoms with Gasteiger partial charge in [0.05, 0.1) is 0 Å². The molecule has 4 nitrogen and oxygen atoms in total. The van der Waals surface area contributed by atoms with Gasteiger partial charge in [-0.25, -0.2) is 0 Å². The molecule has 2 saturated heterocycles. The lowest BCUT2D eigenvalue weighted by Gasteiger charge is -2.43. The molecule has 2 N–H and O–H groups in total. The second-order valence-corrected chi connectivity index (χ2v) is 9.09.